The van der Waals surface area contributed by atoms with Gasteiger partial charge in [0.05, 0.1) is 0 Å². The molecule has 0 spiro atoms. The predicted molar refractivity (Wildman–Crippen MR) is 75.0 cm³/mol. The van der Waals surface area contributed by atoms with Crippen LogP contribution in [0.25, 0.3) is 0 Å². The van der Waals surface area contributed by atoms with E-state index in [0.717, 1.165) is 6.54 Å². The monoisotopic (exact) mass is 227 g/mol. The molecule has 0 bridgehead atoms. The Hall–Kier alpha value is -0.0400. The summed E-state index contributed by atoms with van der Waals surface area (Å²) < 4.78 is 0. The minimum atomic E-state index is 0.455. The number of unbranched alkanes of at least 4 members (excludes halogenated alkanes) is 3. The molecule has 0 aliphatic carbocycles. The van der Waals surface area contributed by atoms with Gasteiger partial charge in [0.2, 0.25) is 0 Å². The third-order valence-electron chi connectivity index (χ3n) is 3.58. The van der Waals surface area contributed by atoms with Gasteiger partial charge in [0.15, 0.2) is 0 Å². The first-order chi connectivity index (χ1) is 7.74. The van der Waals surface area contributed by atoms with Crippen molar-refractivity contribution in [2.24, 2.45) is 0 Å². The highest BCUT2D eigenvalue weighted by molar-refractivity contribution is 4.87. The summed E-state index contributed by atoms with van der Waals surface area (Å²) >= 11 is 0. The molecule has 0 fully saturated rings. The van der Waals surface area contributed by atoms with Gasteiger partial charge < -0.3 is 5.32 Å². The van der Waals surface area contributed by atoms with Gasteiger partial charge in [-0.15, -0.1) is 0 Å². The van der Waals surface area contributed by atoms with Crippen molar-refractivity contribution < 1.29 is 0 Å². The molecule has 0 radical (unpaired) electrons. The summed E-state index contributed by atoms with van der Waals surface area (Å²) in [6.07, 6.45) is 12.2. The Bertz CT molecular complexity index is 121. The quantitative estimate of drug-likeness (QED) is 0.529. The average molecular weight is 227 g/mol. The maximum absolute atomic E-state index is 3.80. The Morgan fingerprint density at radius 1 is 0.688 bits per heavy atom. The van der Waals surface area contributed by atoms with Crippen LogP contribution in [0.1, 0.15) is 85.5 Å². The van der Waals surface area contributed by atoms with Crippen LogP contribution in [0, 0.1) is 0 Å². The van der Waals surface area contributed by atoms with Gasteiger partial charge in [0.1, 0.15) is 0 Å². The molecule has 0 saturated carbocycles. The van der Waals surface area contributed by atoms with Crippen LogP contribution >= 0.6 is 0 Å². The Morgan fingerprint density at radius 2 is 1.06 bits per heavy atom. The Balaban J connectivity index is 4.32. The molecule has 0 unspecified atom stereocenters. The zero-order chi connectivity index (χ0) is 12.3. The molecular weight excluding hydrogens is 194 g/mol. The molecule has 16 heavy (non-hydrogen) atoms. The topological polar surface area (TPSA) is 12.0 Å². The van der Waals surface area contributed by atoms with Gasteiger partial charge in [-0.05, 0) is 25.8 Å². The van der Waals surface area contributed by atoms with E-state index in [-0.39, 0.29) is 0 Å². The highest BCUT2D eigenvalue weighted by atomic mass is 15.0. The van der Waals surface area contributed by atoms with E-state index in [4.69, 9.17) is 0 Å². The Kier molecular flexibility index (Phi) is 10.1. The molecule has 0 rings (SSSR count). The molecule has 0 saturated heterocycles. The fraction of sp³-hybridized carbons (Fsp3) is 1.00. The molecule has 0 aromatic heterocycles. The summed E-state index contributed by atoms with van der Waals surface area (Å²) in [6, 6.07) is 0. The third kappa shape index (κ3) is 6.52. The average Bonchev–Trinajstić information content (AvgIpc) is 2.31. The Morgan fingerprint density at radius 3 is 1.31 bits per heavy atom. The summed E-state index contributed by atoms with van der Waals surface area (Å²) in [7, 11) is 0. The lowest BCUT2D eigenvalue weighted by molar-refractivity contribution is 0.246. The van der Waals surface area contributed by atoms with Crippen molar-refractivity contribution in [3.8, 4) is 0 Å². The summed E-state index contributed by atoms with van der Waals surface area (Å²) in [5, 5.41) is 3.80. The zero-order valence-electron chi connectivity index (χ0n) is 12.1. The molecule has 0 atom stereocenters. The largest absolute Gasteiger partial charge is 0.312 e. The summed E-state index contributed by atoms with van der Waals surface area (Å²) in [4.78, 5) is 0. The van der Waals surface area contributed by atoms with Gasteiger partial charge in [-0.2, -0.15) is 0 Å². The van der Waals surface area contributed by atoms with E-state index >= 15 is 0 Å². The molecule has 1 heteroatoms. The van der Waals surface area contributed by atoms with Gasteiger partial charge in [-0.25, -0.2) is 0 Å². The van der Waals surface area contributed by atoms with Crippen molar-refractivity contribution in [2.75, 3.05) is 6.54 Å². The second kappa shape index (κ2) is 10.1. The van der Waals surface area contributed by atoms with E-state index in [1.807, 2.05) is 0 Å². The lowest BCUT2D eigenvalue weighted by Crippen LogP contribution is -2.45. The molecule has 0 amide bonds. The zero-order valence-corrected chi connectivity index (χ0v) is 12.1. The van der Waals surface area contributed by atoms with Gasteiger partial charge in [0, 0.05) is 5.54 Å². The van der Waals surface area contributed by atoms with Crippen LogP contribution in [-0.4, -0.2) is 12.1 Å². The standard InChI is InChI=1S/C15H33N/c1-5-9-12-15(16-8-4,13-10-6-2)14-11-7-3/h16H,5-14H2,1-4H3. The SMILES string of the molecule is CCCCC(CCCC)(CCCC)NCC. The summed E-state index contributed by atoms with van der Waals surface area (Å²) in [5.41, 5.74) is 0.455. The molecule has 98 valence electrons. The second-order valence-electron chi connectivity index (χ2n) is 5.12. The van der Waals surface area contributed by atoms with Crippen molar-refractivity contribution in [1.29, 1.82) is 0 Å². The van der Waals surface area contributed by atoms with Crippen LogP contribution in [-0.2, 0) is 0 Å². The normalized spacial score (nSPS) is 12.0. The highest BCUT2D eigenvalue weighted by Gasteiger charge is 2.26. The van der Waals surface area contributed by atoms with Crippen molar-refractivity contribution in [2.45, 2.75) is 91.0 Å². The second-order valence-corrected chi connectivity index (χ2v) is 5.12. The van der Waals surface area contributed by atoms with E-state index in [1.54, 1.807) is 0 Å². The lowest BCUT2D eigenvalue weighted by Gasteiger charge is -2.35. The summed E-state index contributed by atoms with van der Waals surface area (Å²) in [6.45, 7) is 10.3. The van der Waals surface area contributed by atoms with Crippen LogP contribution in [0.2, 0.25) is 0 Å². The third-order valence-corrected chi connectivity index (χ3v) is 3.58. The smallest absolute Gasteiger partial charge is 0.0181 e. The number of rotatable bonds is 11. The molecule has 1 nitrogen and oxygen atoms in total. The van der Waals surface area contributed by atoms with Crippen molar-refractivity contribution in [3.05, 3.63) is 0 Å². The maximum atomic E-state index is 3.80. The Labute approximate surface area is 103 Å². The molecule has 0 aromatic carbocycles. The molecule has 1 N–H and O–H groups in total. The van der Waals surface area contributed by atoms with E-state index in [1.165, 1.54) is 57.8 Å². The molecule has 0 aliphatic heterocycles. The molecule has 0 aromatic rings. The fourth-order valence-electron chi connectivity index (χ4n) is 2.56. The summed E-state index contributed by atoms with van der Waals surface area (Å²) in [5.74, 6) is 0. The van der Waals surface area contributed by atoms with Gasteiger partial charge in [-0.3, -0.25) is 0 Å². The van der Waals surface area contributed by atoms with E-state index in [0.29, 0.717) is 5.54 Å². The maximum Gasteiger partial charge on any atom is 0.0181 e. The minimum Gasteiger partial charge on any atom is -0.312 e. The van der Waals surface area contributed by atoms with Gasteiger partial charge >= 0.3 is 0 Å². The first-order valence-electron chi connectivity index (χ1n) is 7.49. The predicted octanol–water partition coefficient (Wildman–Crippen LogP) is 4.91. The van der Waals surface area contributed by atoms with Crippen molar-refractivity contribution in [1.82, 2.24) is 5.32 Å². The number of nitrogens with one attached hydrogen (secondary N) is 1. The van der Waals surface area contributed by atoms with Crippen LogP contribution in [0.15, 0.2) is 0 Å². The molecule has 0 heterocycles. The van der Waals surface area contributed by atoms with Crippen LogP contribution in [0.4, 0.5) is 0 Å². The minimum absolute atomic E-state index is 0.455. The first-order valence-corrected chi connectivity index (χ1v) is 7.49. The molecular formula is C15H33N. The van der Waals surface area contributed by atoms with Gasteiger partial charge in [0.25, 0.3) is 0 Å². The molecule has 0 aliphatic rings. The first kappa shape index (κ1) is 16.0. The number of hydrogen-bond donors (Lipinski definition) is 1. The fourth-order valence-corrected chi connectivity index (χ4v) is 2.56. The van der Waals surface area contributed by atoms with E-state index in [9.17, 15) is 0 Å². The van der Waals surface area contributed by atoms with Crippen LogP contribution < -0.4 is 5.32 Å². The lowest BCUT2D eigenvalue weighted by atomic mass is 9.82. The van der Waals surface area contributed by atoms with Crippen molar-refractivity contribution >= 4 is 0 Å². The van der Waals surface area contributed by atoms with E-state index < -0.39 is 0 Å². The number of hydrogen-bond acceptors (Lipinski definition) is 1. The van der Waals surface area contributed by atoms with Crippen molar-refractivity contribution in [3.63, 3.8) is 0 Å². The highest BCUT2D eigenvalue weighted by Crippen LogP contribution is 2.27. The van der Waals surface area contributed by atoms with Crippen LogP contribution in [0.5, 0.6) is 0 Å². The van der Waals surface area contributed by atoms with Gasteiger partial charge in [-0.1, -0.05) is 66.2 Å². The van der Waals surface area contributed by atoms with E-state index in [2.05, 4.69) is 33.0 Å². The van der Waals surface area contributed by atoms with Crippen LogP contribution in [0.3, 0.4) is 0 Å².